The first-order valence-corrected chi connectivity index (χ1v) is 10.7. The largest absolute Gasteiger partial charge is 0.445 e. The number of hydrogen-bond donors (Lipinski definition) is 5. The number of alkyl carbamates (subject to hydrolysis) is 1. The number of carbonyl (C=O) groups is 4. The van der Waals surface area contributed by atoms with Crippen LogP contribution in [0.4, 0.5) is 4.79 Å². The number of carbonyl (C=O) groups excluding carboxylic acids is 4. The number of benzene rings is 2. The average Bonchev–Trinajstić information content (AvgIpc) is 3.24. The number of para-hydroxylation sites is 1. The lowest BCUT2D eigenvalue weighted by Gasteiger charge is -2.21. The number of fused-ring (bicyclic) bond motifs is 1. The number of nitrogens with one attached hydrogen (secondary N) is 4. The lowest BCUT2D eigenvalue weighted by molar-refractivity contribution is -0.130. The summed E-state index contributed by atoms with van der Waals surface area (Å²) < 4.78 is 5.26. The van der Waals surface area contributed by atoms with Crippen LogP contribution in [0.15, 0.2) is 60.8 Å². The highest BCUT2D eigenvalue weighted by atomic mass is 16.5. The van der Waals surface area contributed by atoms with E-state index >= 15 is 0 Å². The number of hydrogen-bond acceptors (Lipinski definition) is 5. The van der Waals surface area contributed by atoms with Crippen molar-refractivity contribution in [1.29, 1.82) is 0 Å². The van der Waals surface area contributed by atoms with E-state index in [0.29, 0.717) is 0 Å². The zero-order chi connectivity index (χ0) is 24.5. The van der Waals surface area contributed by atoms with E-state index in [4.69, 9.17) is 10.5 Å². The Kier molecular flexibility index (Phi) is 8.22. The predicted octanol–water partition coefficient (Wildman–Crippen LogP) is 1.11. The first kappa shape index (κ1) is 24.3. The maximum atomic E-state index is 13.0. The molecule has 2 aromatic carbocycles. The van der Waals surface area contributed by atoms with E-state index in [-0.39, 0.29) is 19.6 Å². The van der Waals surface area contributed by atoms with Crippen LogP contribution in [0.1, 0.15) is 18.1 Å². The molecule has 0 spiro atoms. The number of aromatic amines is 1. The van der Waals surface area contributed by atoms with Crippen LogP contribution in [0.25, 0.3) is 10.9 Å². The minimum absolute atomic E-state index is 0.0417. The molecule has 2 atom stereocenters. The zero-order valence-electron chi connectivity index (χ0n) is 18.7. The van der Waals surface area contributed by atoms with Crippen LogP contribution < -0.4 is 21.7 Å². The van der Waals surface area contributed by atoms with Gasteiger partial charge in [0.1, 0.15) is 18.7 Å². The number of amides is 4. The Balaban J connectivity index is 1.69. The van der Waals surface area contributed by atoms with Gasteiger partial charge < -0.3 is 31.4 Å². The lowest BCUT2D eigenvalue weighted by atomic mass is 10.0. The van der Waals surface area contributed by atoms with E-state index in [2.05, 4.69) is 20.9 Å². The summed E-state index contributed by atoms with van der Waals surface area (Å²) in [6.45, 7) is 1.16. The molecule has 0 bridgehead atoms. The van der Waals surface area contributed by atoms with Crippen molar-refractivity contribution in [3.8, 4) is 0 Å². The van der Waals surface area contributed by atoms with Gasteiger partial charge in [-0.1, -0.05) is 48.5 Å². The summed E-state index contributed by atoms with van der Waals surface area (Å²) in [6.07, 6.45) is 1.16. The standard InChI is InChI=1S/C24H27N5O5/c1-15(22(31)27-13-21(25)30)28-23(32)20(11-17-12-26-19-10-6-5-9-18(17)19)29-24(33)34-14-16-7-3-2-4-8-16/h2-10,12,15,20,26H,11,13-14H2,1H3,(H2,25,30)(H,27,31)(H,28,32)(H,29,33). The molecule has 6 N–H and O–H groups in total. The Morgan fingerprint density at radius 2 is 1.68 bits per heavy atom. The van der Waals surface area contributed by atoms with Crippen LogP contribution in [0.3, 0.4) is 0 Å². The van der Waals surface area contributed by atoms with Crippen molar-refractivity contribution in [1.82, 2.24) is 20.9 Å². The highest BCUT2D eigenvalue weighted by Crippen LogP contribution is 2.19. The molecule has 10 nitrogen and oxygen atoms in total. The zero-order valence-corrected chi connectivity index (χ0v) is 18.7. The molecule has 4 amide bonds. The minimum atomic E-state index is -1.02. The molecule has 0 aliphatic heterocycles. The van der Waals surface area contributed by atoms with Crippen LogP contribution >= 0.6 is 0 Å². The topological polar surface area (TPSA) is 155 Å². The molecular weight excluding hydrogens is 438 g/mol. The molecule has 1 heterocycles. The molecule has 0 saturated heterocycles. The van der Waals surface area contributed by atoms with Crippen molar-refractivity contribution in [2.24, 2.45) is 5.73 Å². The van der Waals surface area contributed by atoms with Gasteiger partial charge in [0.15, 0.2) is 0 Å². The number of H-pyrrole nitrogens is 1. The fraction of sp³-hybridized carbons (Fsp3) is 0.250. The highest BCUT2D eigenvalue weighted by Gasteiger charge is 2.26. The van der Waals surface area contributed by atoms with Crippen LogP contribution in [-0.2, 0) is 32.1 Å². The summed E-state index contributed by atoms with van der Waals surface area (Å²) in [7, 11) is 0. The second kappa shape index (κ2) is 11.5. The number of nitrogens with two attached hydrogens (primary N) is 1. The van der Waals surface area contributed by atoms with Gasteiger partial charge in [-0.2, -0.15) is 0 Å². The second-order valence-electron chi connectivity index (χ2n) is 7.74. The first-order chi connectivity index (χ1) is 16.3. The second-order valence-corrected chi connectivity index (χ2v) is 7.74. The van der Waals surface area contributed by atoms with E-state index in [1.165, 1.54) is 6.92 Å². The molecule has 0 radical (unpaired) electrons. The first-order valence-electron chi connectivity index (χ1n) is 10.7. The van der Waals surface area contributed by atoms with E-state index in [1.54, 1.807) is 6.20 Å². The molecule has 0 aliphatic carbocycles. The van der Waals surface area contributed by atoms with Crippen LogP contribution in [0.2, 0.25) is 0 Å². The Hall–Kier alpha value is -4.34. The Morgan fingerprint density at radius 3 is 2.41 bits per heavy atom. The van der Waals surface area contributed by atoms with Gasteiger partial charge in [0, 0.05) is 23.5 Å². The molecule has 3 rings (SSSR count). The number of aromatic nitrogens is 1. The smallest absolute Gasteiger partial charge is 0.408 e. The number of ether oxygens (including phenoxy) is 1. The number of primary amides is 1. The molecule has 2 unspecified atom stereocenters. The molecular formula is C24H27N5O5. The lowest BCUT2D eigenvalue weighted by Crippen LogP contribution is -2.54. The molecule has 10 heteroatoms. The van der Waals surface area contributed by atoms with Gasteiger partial charge in [-0.3, -0.25) is 14.4 Å². The van der Waals surface area contributed by atoms with Gasteiger partial charge in [0.25, 0.3) is 0 Å². The van der Waals surface area contributed by atoms with Gasteiger partial charge in [-0.05, 0) is 24.1 Å². The predicted molar refractivity (Wildman–Crippen MR) is 125 cm³/mol. The van der Waals surface area contributed by atoms with Gasteiger partial charge in [0.05, 0.1) is 6.54 Å². The van der Waals surface area contributed by atoms with Crippen molar-refractivity contribution >= 4 is 34.7 Å². The van der Waals surface area contributed by atoms with Crippen molar-refractivity contribution in [2.45, 2.75) is 32.0 Å². The number of rotatable bonds is 10. The molecule has 178 valence electrons. The van der Waals surface area contributed by atoms with E-state index in [9.17, 15) is 19.2 Å². The fourth-order valence-electron chi connectivity index (χ4n) is 3.34. The summed E-state index contributed by atoms with van der Waals surface area (Å²) >= 11 is 0. The Morgan fingerprint density at radius 1 is 0.971 bits per heavy atom. The third-order valence-corrected chi connectivity index (χ3v) is 5.11. The molecule has 0 saturated carbocycles. The molecule has 3 aromatic rings. The molecule has 34 heavy (non-hydrogen) atoms. The summed E-state index contributed by atoms with van der Waals surface area (Å²) in [5.41, 5.74) is 7.53. The normalized spacial score (nSPS) is 12.4. The van der Waals surface area contributed by atoms with Crippen LogP contribution in [-0.4, -0.2) is 47.4 Å². The summed E-state index contributed by atoms with van der Waals surface area (Å²) in [4.78, 5) is 51.6. The van der Waals surface area contributed by atoms with Gasteiger partial charge in [-0.15, -0.1) is 0 Å². The maximum Gasteiger partial charge on any atom is 0.408 e. The van der Waals surface area contributed by atoms with E-state index < -0.39 is 35.9 Å². The SMILES string of the molecule is CC(NC(=O)C(Cc1c[nH]c2ccccc12)NC(=O)OCc1ccccc1)C(=O)NCC(N)=O. The van der Waals surface area contributed by atoms with Gasteiger partial charge >= 0.3 is 6.09 Å². The van der Waals surface area contributed by atoms with Crippen molar-refractivity contribution < 1.29 is 23.9 Å². The third-order valence-electron chi connectivity index (χ3n) is 5.11. The van der Waals surface area contributed by atoms with Crippen LogP contribution in [0, 0.1) is 0 Å². The Labute approximate surface area is 196 Å². The molecule has 0 aliphatic rings. The molecule has 0 fully saturated rings. The summed E-state index contributed by atoms with van der Waals surface area (Å²) in [6, 6.07) is 14.7. The monoisotopic (exact) mass is 465 g/mol. The fourth-order valence-corrected chi connectivity index (χ4v) is 3.34. The minimum Gasteiger partial charge on any atom is -0.445 e. The average molecular weight is 466 g/mol. The summed E-state index contributed by atoms with van der Waals surface area (Å²) in [5, 5.41) is 8.39. The van der Waals surface area contributed by atoms with E-state index in [1.807, 2.05) is 54.6 Å². The highest BCUT2D eigenvalue weighted by molar-refractivity contribution is 5.93. The summed E-state index contributed by atoms with van der Waals surface area (Å²) in [5.74, 6) is -1.86. The maximum absolute atomic E-state index is 13.0. The van der Waals surface area contributed by atoms with Crippen molar-refractivity contribution in [3.05, 3.63) is 71.9 Å². The van der Waals surface area contributed by atoms with E-state index in [0.717, 1.165) is 22.0 Å². The quantitative estimate of drug-likeness (QED) is 0.303. The Bertz CT molecular complexity index is 1160. The third kappa shape index (κ3) is 6.83. The van der Waals surface area contributed by atoms with Gasteiger partial charge in [0.2, 0.25) is 17.7 Å². The van der Waals surface area contributed by atoms with Crippen molar-refractivity contribution in [3.63, 3.8) is 0 Å². The van der Waals surface area contributed by atoms with Gasteiger partial charge in [-0.25, -0.2) is 4.79 Å². The van der Waals surface area contributed by atoms with Crippen molar-refractivity contribution in [2.75, 3.05) is 6.54 Å². The molecule has 1 aromatic heterocycles. The van der Waals surface area contributed by atoms with Crippen LogP contribution in [0.5, 0.6) is 0 Å².